The van der Waals surface area contributed by atoms with Crippen LogP contribution in [0, 0.1) is 0 Å². The number of aromatic amines is 1. The Balaban J connectivity index is 2.31. The number of alkyl halides is 1. The van der Waals surface area contributed by atoms with Crippen LogP contribution < -0.4 is 10.5 Å². The Labute approximate surface area is 115 Å². The van der Waals surface area contributed by atoms with E-state index in [2.05, 4.69) is 4.98 Å². The monoisotopic (exact) mass is 279 g/mol. The number of para-hydroxylation sites is 1. The van der Waals surface area contributed by atoms with Crippen LogP contribution in [-0.4, -0.2) is 35.4 Å². The summed E-state index contributed by atoms with van der Waals surface area (Å²) in [6, 6.07) is 6.46. The lowest BCUT2D eigenvalue weighted by Crippen LogP contribution is -2.32. The van der Waals surface area contributed by atoms with Crippen LogP contribution in [-0.2, 0) is 11.2 Å². The molecular formula is C14H17FN2O3. The quantitative estimate of drug-likeness (QED) is 0.675. The lowest BCUT2D eigenvalue weighted by molar-refractivity contribution is -0.138. The molecule has 0 saturated heterocycles. The first kappa shape index (κ1) is 14.3. The first-order chi connectivity index (χ1) is 9.63. The molecule has 0 amide bonds. The summed E-state index contributed by atoms with van der Waals surface area (Å²) in [4.78, 5) is 14.0. The Bertz CT molecular complexity index is 597. The molecule has 0 bridgehead atoms. The first-order valence-electron chi connectivity index (χ1n) is 6.40. The molecule has 0 aliphatic rings. The third-order valence-electron chi connectivity index (χ3n) is 3.04. The molecule has 1 aromatic heterocycles. The molecule has 0 fully saturated rings. The van der Waals surface area contributed by atoms with Crippen molar-refractivity contribution in [2.24, 2.45) is 5.73 Å². The number of ether oxygens (including phenoxy) is 1. The molecule has 0 radical (unpaired) electrons. The molecule has 108 valence electrons. The third kappa shape index (κ3) is 3.08. The van der Waals surface area contributed by atoms with Crippen LogP contribution in [0.25, 0.3) is 10.9 Å². The fourth-order valence-corrected chi connectivity index (χ4v) is 2.04. The molecular weight excluding hydrogens is 262 g/mol. The highest BCUT2D eigenvalue weighted by atomic mass is 18.2. The van der Waals surface area contributed by atoms with E-state index in [1.165, 1.54) is 0 Å². The smallest absolute Gasteiger partial charge is 0.320 e. The van der Waals surface area contributed by atoms with E-state index in [0.717, 1.165) is 10.9 Å². The number of rotatable bonds is 7. The molecule has 0 unspecified atom stereocenters. The Morgan fingerprint density at radius 2 is 2.20 bits per heavy atom. The summed E-state index contributed by atoms with van der Waals surface area (Å²) in [7, 11) is 0. The maximum Gasteiger partial charge on any atom is 0.320 e. The van der Waals surface area contributed by atoms with Crippen molar-refractivity contribution in [2.45, 2.75) is 18.9 Å². The molecule has 0 saturated carbocycles. The molecule has 6 heteroatoms. The zero-order chi connectivity index (χ0) is 14.5. The molecule has 2 rings (SSSR count). The van der Waals surface area contributed by atoms with Crippen LogP contribution in [0.3, 0.4) is 0 Å². The van der Waals surface area contributed by atoms with Crippen molar-refractivity contribution in [3.05, 3.63) is 29.8 Å². The second-order valence-corrected chi connectivity index (χ2v) is 4.52. The highest BCUT2D eigenvalue weighted by molar-refractivity contribution is 5.87. The van der Waals surface area contributed by atoms with Gasteiger partial charge in [0.05, 0.1) is 13.3 Å². The predicted octanol–water partition coefficient (Wildman–Crippen LogP) is 1.86. The van der Waals surface area contributed by atoms with Gasteiger partial charge in [-0.15, -0.1) is 0 Å². The van der Waals surface area contributed by atoms with Crippen molar-refractivity contribution >= 4 is 16.9 Å². The van der Waals surface area contributed by atoms with Gasteiger partial charge in [0.2, 0.25) is 0 Å². The lowest BCUT2D eigenvalue weighted by atomic mass is 10.1. The second kappa shape index (κ2) is 6.38. The van der Waals surface area contributed by atoms with Gasteiger partial charge in [-0.05, 0) is 6.07 Å². The van der Waals surface area contributed by atoms with Crippen LogP contribution in [0.1, 0.15) is 12.0 Å². The van der Waals surface area contributed by atoms with E-state index in [1.807, 2.05) is 24.3 Å². The Kier molecular flexibility index (Phi) is 4.57. The van der Waals surface area contributed by atoms with E-state index >= 15 is 0 Å². The Hall–Kier alpha value is -2.08. The van der Waals surface area contributed by atoms with E-state index in [4.69, 9.17) is 15.6 Å². The largest absolute Gasteiger partial charge is 0.480 e. The molecule has 1 atom stereocenters. The zero-order valence-electron chi connectivity index (χ0n) is 10.9. The van der Waals surface area contributed by atoms with Gasteiger partial charge >= 0.3 is 5.97 Å². The number of aromatic nitrogens is 1. The van der Waals surface area contributed by atoms with Gasteiger partial charge in [0, 0.05) is 29.3 Å². The number of carbonyl (C=O) groups is 1. The second-order valence-electron chi connectivity index (χ2n) is 4.52. The van der Waals surface area contributed by atoms with Crippen molar-refractivity contribution in [1.29, 1.82) is 0 Å². The zero-order valence-corrected chi connectivity index (χ0v) is 10.9. The van der Waals surface area contributed by atoms with Crippen LogP contribution in [0.15, 0.2) is 24.3 Å². The topological polar surface area (TPSA) is 88.3 Å². The van der Waals surface area contributed by atoms with Crippen molar-refractivity contribution in [3.63, 3.8) is 0 Å². The van der Waals surface area contributed by atoms with E-state index in [-0.39, 0.29) is 13.0 Å². The average Bonchev–Trinajstić information content (AvgIpc) is 2.77. The highest BCUT2D eigenvalue weighted by Gasteiger charge is 2.19. The van der Waals surface area contributed by atoms with E-state index in [9.17, 15) is 9.18 Å². The van der Waals surface area contributed by atoms with Crippen LogP contribution in [0.5, 0.6) is 5.88 Å². The molecule has 2 aromatic rings. The minimum Gasteiger partial charge on any atom is -0.480 e. The minimum absolute atomic E-state index is 0.157. The number of nitrogens with one attached hydrogen (secondary N) is 1. The van der Waals surface area contributed by atoms with Gasteiger partial charge in [-0.1, -0.05) is 18.2 Å². The summed E-state index contributed by atoms with van der Waals surface area (Å²) < 4.78 is 17.6. The lowest BCUT2D eigenvalue weighted by Gasteiger charge is -2.09. The maximum absolute atomic E-state index is 12.1. The number of hydrogen-bond acceptors (Lipinski definition) is 3. The number of hydrogen-bond donors (Lipinski definition) is 3. The molecule has 20 heavy (non-hydrogen) atoms. The third-order valence-corrected chi connectivity index (χ3v) is 3.04. The van der Waals surface area contributed by atoms with Gasteiger partial charge in [-0.3, -0.25) is 9.18 Å². The van der Waals surface area contributed by atoms with Crippen molar-refractivity contribution in [3.8, 4) is 5.88 Å². The molecule has 5 nitrogen and oxygen atoms in total. The van der Waals surface area contributed by atoms with Crippen molar-refractivity contribution < 1.29 is 19.0 Å². The van der Waals surface area contributed by atoms with Crippen LogP contribution >= 0.6 is 0 Å². The molecule has 0 aliphatic carbocycles. The fourth-order valence-electron chi connectivity index (χ4n) is 2.04. The number of carboxylic acids is 1. The van der Waals surface area contributed by atoms with Crippen LogP contribution in [0.4, 0.5) is 4.39 Å². The Morgan fingerprint density at radius 1 is 1.45 bits per heavy atom. The number of fused-ring (bicyclic) bond motifs is 1. The van der Waals surface area contributed by atoms with Gasteiger partial charge in [-0.25, -0.2) is 0 Å². The summed E-state index contributed by atoms with van der Waals surface area (Å²) in [6.07, 6.45) is 0.449. The van der Waals surface area contributed by atoms with Crippen molar-refractivity contribution in [2.75, 3.05) is 13.3 Å². The normalized spacial score (nSPS) is 12.5. The van der Waals surface area contributed by atoms with Gasteiger partial charge < -0.3 is 20.6 Å². The average molecular weight is 279 g/mol. The molecule has 1 heterocycles. The van der Waals surface area contributed by atoms with Gasteiger partial charge in [0.25, 0.3) is 0 Å². The molecule has 0 spiro atoms. The summed E-state index contributed by atoms with van der Waals surface area (Å²) in [5.74, 6) is -0.596. The van der Waals surface area contributed by atoms with Crippen LogP contribution in [0.2, 0.25) is 0 Å². The highest BCUT2D eigenvalue weighted by Crippen LogP contribution is 2.29. The molecule has 4 N–H and O–H groups in total. The maximum atomic E-state index is 12.1. The molecule has 1 aromatic carbocycles. The Morgan fingerprint density at radius 3 is 2.90 bits per heavy atom. The number of halogens is 1. The van der Waals surface area contributed by atoms with E-state index < -0.39 is 18.7 Å². The minimum atomic E-state index is -1.06. The molecule has 0 aliphatic heterocycles. The number of H-pyrrole nitrogens is 1. The summed E-state index contributed by atoms with van der Waals surface area (Å²) in [5, 5.41) is 9.81. The SMILES string of the molecule is N[C@@H](Cc1c(OCCC[18F])[nH]c2ccccc12)C(=O)O. The van der Waals surface area contributed by atoms with Crippen molar-refractivity contribution in [1.82, 2.24) is 4.98 Å². The predicted molar refractivity (Wildman–Crippen MR) is 73.7 cm³/mol. The van der Waals surface area contributed by atoms with E-state index in [0.29, 0.717) is 17.9 Å². The summed E-state index contributed by atoms with van der Waals surface area (Å²) >= 11 is 0. The van der Waals surface area contributed by atoms with Gasteiger partial charge in [0.1, 0.15) is 6.04 Å². The summed E-state index contributed by atoms with van der Waals surface area (Å²) in [6.45, 7) is -0.219. The number of benzene rings is 1. The first-order valence-corrected chi connectivity index (χ1v) is 6.40. The summed E-state index contributed by atoms with van der Waals surface area (Å²) in [5.41, 5.74) is 7.15. The van der Waals surface area contributed by atoms with E-state index in [1.54, 1.807) is 0 Å². The fraction of sp³-hybridized carbons (Fsp3) is 0.357. The number of carboxylic acid groups (broad SMARTS) is 1. The van der Waals surface area contributed by atoms with Gasteiger partial charge in [0.15, 0.2) is 5.88 Å². The standard InChI is InChI=1S/C14H17FN2O3/c15-6-3-7-20-13-10(8-11(16)14(18)19)9-4-1-2-5-12(9)17-13/h1-2,4-5,11,17H,3,6-8,16H2,(H,18,19)/t11-/m0/s1/i15-1. The number of aliphatic carboxylic acids is 1. The number of nitrogens with two attached hydrogens (primary N) is 1. The van der Waals surface area contributed by atoms with Gasteiger partial charge in [-0.2, -0.15) is 0 Å².